The van der Waals surface area contributed by atoms with Gasteiger partial charge in [-0.25, -0.2) is 9.97 Å². The summed E-state index contributed by atoms with van der Waals surface area (Å²) in [7, 11) is 1.67. The maximum Gasteiger partial charge on any atom is 0.222 e. The molecule has 1 aromatic heterocycles. The fraction of sp³-hybridized carbons (Fsp3) is 0.333. The molecule has 0 aliphatic heterocycles. The molecule has 0 atom stereocenters. The Balaban J connectivity index is 1.87. The van der Waals surface area contributed by atoms with Crippen LogP contribution in [0.4, 0.5) is 5.95 Å². The molecule has 4 nitrogen and oxygen atoms in total. The summed E-state index contributed by atoms with van der Waals surface area (Å²) in [6.45, 7) is 2.89. The van der Waals surface area contributed by atoms with Gasteiger partial charge in [0, 0.05) is 18.9 Å². The molecule has 0 unspecified atom stereocenters. The Morgan fingerprint density at radius 1 is 1.20 bits per heavy atom. The first-order valence-electron chi connectivity index (χ1n) is 6.60. The van der Waals surface area contributed by atoms with Crippen molar-refractivity contribution in [3.8, 4) is 5.75 Å². The molecule has 0 aliphatic rings. The number of aromatic nitrogens is 2. The SMILES string of the molecule is CCc1cnc(NCCc2ccc(OC)c(Br)c2)nc1. The highest BCUT2D eigenvalue weighted by molar-refractivity contribution is 9.10. The van der Waals surface area contributed by atoms with Gasteiger partial charge < -0.3 is 10.1 Å². The Morgan fingerprint density at radius 3 is 2.55 bits per heavy atom. The lowest BCUT2D eigenvalue weighted by atomic mass is 10.1. The highest BCUT2D eigenvalue weighted by atomic mass is 79.9. The van der Waals surface area contributed by atoms with Crippen molar-refractivity contribution in [1.29, 1.82) is 0 Å². The van der Waals surface area contributed by atoms with Gasteiger partial charge in [-0.2, -0.15) is 0 Å². The van der Waals surface area contributed by atoms with Crippen molar-refractivity contribution < 1.29 is 4.74 Å². The summed E-state index contributed by atoms with van der Waals surface area (Å²) in [4.78, 5) is 8.55. The van der Waals surface area contributed by atoms with E-state index in [1.807, 2.05) is 18.5 Å². The standard InChI is InChI=1S/C15H18BrN3O/c1-3-11-9-18-15(19-10-11)17-7-6-12-4-5-14(20-2)13(16)8-12/h4-5,8-10H,3,6-7H2,1-2H3,(H,17,18,19). The fourth-order valence-electron chi connectivity index (χ4n) is 1.81. The van der Waals surface area contributed by atoms with Crippen LogP contribution in [0, 0.1) is 0 Å². The van der Waals surface area contributed by atoms with Gasteiger partial charge in [-0.15, -0.1) is 0 Å². The molecule has 0 aliphatic carbocycles. The van der Waals surface area contributed by atoms with Crippen LogP contribution in [0.15, 0.2) is 35.1 Å². The normalized spacial score (nSPS) is 10.3. The van der Waals surface area contributed by atoms with Crippen LogP contribution in [0.3, 0.4) is 0 Å². The van der Waals surface area contributed by atoms with Gasteiger partial charge in [0.05, 0.1) is 11.6 Å². The maximum atomic E-state index is 5.21. The number of anilines is 1. The average Bonchev–Trinajstić information content (AvgIpc) is 2.48. The molecule has 0 radical (unpaired) electrons. The molecule has 0 spiro atoms. The Bertz CT molecular complexity index is 558. The highest BCUT2D eigenvalue weighted by Crippen LogP contribution is 2.25. The van der Waals surface area contributed by atoms with E-state index in [0.717, 1.165) is 35.2 Å². The van der Waals surface area contributed by atoms with Crippen molar-refractivity contribution in [3.63, 3.8) is 0 Å². The minimum Gasteiger partial charge on any atom is -0.496 e. The molecule has 106 valence electrons. The van der Waals surface area contributed by atoms with Crippen LogP contribution in [0.5, 0.6) is 5.75 Å². The van der Waals surface area contributed by atoms with Crippen LogP contribution < -0.4 is 10.1 Å². The van der Waals surface area contributed by atoms with E-state index in [1.165, 1.54) is 5.56 Å². The summed E-state index contributed by atoms with van der Waals surface area (Å²) in [5.41, 5.74) is 2.38. The van der Waals surface area contributed by atoms with Crippen molar-refractivity contribution >= 4 is 21.9 Å². The first-order chi connectivity index (χ1) is 9.72. The molecule has 5 heteroatoms. The summed E-state index contributed by atoms with van der Waals surface area (Å²) in [6, 6.07) is 6.10. The topological polar surface area (TPSA) is 47.0 Å². The van der Waals surface area contributed by atoms with Crippen molar-refractivity contribution in [2.75, 3.05) is 19.0 Å². The van der Waals surface area contributed by atoms with Gasteiger partial charge in [0.1, 0.15) is 5.75 Å². The molecule has 2 aromatic rings. The second-order valence-electron chi connectivity index (χ2n) is 4.41. The first kappa shape index (κ1) is 14.8. The average molecular weight is 336 g/mol. The van der Waals surface area contributed by atoms with Crippen molar-refractivity contribution in [2.45, 2.75) is 19.8 Å². The van der Waals surface area contributed by atoms with Gasteiger partial charge in [0.25, 0.3) is 0 Å². The Morgan fingerprint density at radius 2 is 1.95 bits per heavy atom. The van der Waals surface area contributed by atoms with E-state index >= 15 is 0 Å². The molecular weight excluding hydrogens is 318 g/mol. The van der Waals surface area contributed by atoms with Gasteiger partial charge in [0.15, 0.2) is 0 Å². The summed E-state index contributed by atoms with van der Waals surface area (Å²) in [5, 5.41) is 3.22. The van der Waals surface area contributed by atoms with Crippen molar-refractivity contribution in [1.82, 2.24) is 9.97 Å². The van der Waals surface area contributed by atoms with E-state index in [2.05, 4.69) is 50.3 Å². The van der Waals surface area contributed by atoms with Crippen LogP contribution in [-0.4, -0.2) is 23.6 Å². The molecule has 0 saturated heterocycles. The second kappa shape index (κ2) is 7.24. The van der Waals surface area contributed by atoms with Crippen LogP contribution >= 0.6 is 15.9 Å². The highest BCUT2D eigenvalue weighted by Gasteiger charge is 2.02. The quantitative estimate of drug-likeness (QED) is 0.878. The number of rotatable bonds is 6. The number of methoxy groups -OCH3 is 1. The van der Waals surface area contributed by atoms with Crippen molar-refractivity contribution in [2.24, 2.45) is 0 Å². The molecule has 0 saturated carbocycles. The number of aryl methyl sites for hydroxylation is 1. The minimum absolute atomic E-state index is 0.676. The van der Waals surface area contributed by atoms with Crippen LogP contribution in [-0.2, 0) is 12.8 Å². The summed E-state index contributed by atoms with van der Waals surface area (Å²) < 4.78 is 6.19. The number of ether oxygens (including phenoxy) is 1. The number of nitrogens with zero attached hydrogens (tertiary/aromatic N) is 2. The third-order valence-electron chi connectivity index (χ3n) is 3.03. The molecular formula is C15H18BrN3O. The van der Waals surface area contributed by atoms with E-state index in [-0.39, 0.29) is 0 Å². The van der Waals surface area contributed by atoms with Gasteiger partial charge in [-0.3, -0.25) is 0 Å². The lowest BCUT2D eigenvalue weighted by Gasteiger charge is -2.07. The molecule has 2 rings (SSSR count). The molecule has 1 N–H and O–H groups in total. The van der Waals surface area contributed by atoms with E-state index in [0.29, 0.717) is 5.95 Å². The van der Waals surface area contributed by atoms with Gasteiger partial charge >= 0.3 is 0 Å². The van der Waals surface area contributed by atoms with E-state index in [1.54, 1.807) is 7.11 Å². The molecule has 20 heavy (non-hydrogen) atoms. The molecule has 0 amide bonds. The van der Waals surface area contributed by atoms with Crippen molar-refractivity contribution in [3.05, 3.63) is 46.2 Å². The molecule has 0 bridgehead atoms. The molecule has 1 aromatic carbocycles. The number of hydrogen-bond donors (Lipinski definition) is 1. The van der Waals surface area contributed by atoms with E-state index < -0.39 is 0 Å². The Labute approximate surface area is 127 Å². The zero-order valence-corrected chi connectivity index (χ0v) is 13.3. The fourth-order valence-corrected chi connectivity index (χ4v) is 2.40. The van der Waals surface area contributed by atoms with E-state index in [9.17, 15) is 0 Å². The van der Waals surface area contributed by atoms with Crippen LogP contribution in [0.1, 0.15) is 18.1 Å². The summed E-state index contributed by atoms with van der Waals surface area (Å²) in [5.74, 6) is 1.52. The predicted molar refractivity (Wildman–Crippen MR) is 84.3 cm³/mol. The van der Waals surface area contributed by atoms with Gasteiger partial charge in [-0.1, -0.05) is 13.0 Å². The number of benzene rings is 1. The van der Waals surface area contributed by atoms with Crippen LogP contribution in [0.2, 0.25) is 0 Å². The minimum atomic E-state index is 0.676. The first-order valence-corrected chi connectivity index (χ1v) is 7.39. The summed E-state index contributed by atoms with van der Waals surface area (Å²) in [6.07, 6.45) is 5.58. The largest absolute Gasteiger partial charge is 0.496 e. The lowest BCUT2D eigenvalue weighted by molar-refractivity contribution is 0.412. The molecule has 0 fully saturated rings. The zero-order chi connectivity index (χ0) is 14.4. The Kier molecular flexibility index (Phi) is 5.35. The summed E-state index contributed by atoms with van der Waals surface area (Å²) >= 11 is 3.49. The third-order valence-corrected chi connectivity index (χ3v) is 3.65. The van der Waals surface area contributed by atoms with E-state index in [4.69, 9.17) is 4.74 Å². The number of halogens is 1. The molecule has 1 heterocycles. The number of hydrogen-bond acceptors (Lipinski definition) is 4. The third kappa shape index (κ3) is 3.93. The van der Waals surface area contributed by atoms with Crippen LogP contribution in [0.25, 0.3) is 0 Å². The monoisotopic (exact) mass is 335 g/mol. The zero-order valence-electron chi connectivity index (χ0n) is 11.7. The van der Waals surface area contributed by atoms with Gasteiger partial charge in [0.2, 0.25) is 5.95 Å². The predicted octanol–water partition coefficient (Wildman–Crippen LogP) is 3.46. The lowest BCUT2D eigenvalue weighted by Crippen LogP contribution is -2.08. The number of nitrogens with one attached hydrogen (secondary N) is 1. The smallest absolute Gasteiger partial charge is 0.222 e. The van der Waals surface area contributed by atoms with Gasteiger partial charge in [-0.05, 0) is 52.0 Å². The maximum absolute atomic E-state index is 5.21. The Hall–Kier alpha value is -1.62. The second-order valence-corrected chi connectivity index (χ2v) is 5.27.